The Morgan fingerprint density at radius 1 is 1.30 bits per heavy atom. The van der Waals surface area contributed by atoms with Crippen LogP contribution >= 0.6 is 0 Å². The molecule has 0 saturated carbocycles. The first-order chi connectivity index (χ1) is 12.5. The van der Waals surface area contributed by atoms with Crippen LogP contribution in [0.1, 0.15) is 58.3 Å². The minimum Gasteiger partial charge on any atom is -0.396 e. The smallest absolute Gasteiger partial charge is 0.396 e. The summed E-state index contributed by atoms with van der Waals surface area (Å²) in [6, 6.07) is 0. The summed E-state index contributed by atoms with van der Waals surface area (Å²) in [5.74, 6) is -0.452. The van der Waals surface area contributed by atoms with Crippen molar-refractivity contribution < 1.29 is 40.4 Å². The highest BCUT2D eigenvalue weighted by Crippen LogP contribution is 2.45. The summed E-state index contributed by atoms with van der Waals surface area (Å²) >= 11 is 0. The first-order valence-electron chi connectivity index (χ1n) is 9.15. The minimum absolute atomic E-state index is 0.0241. The molecule has 2 saturated heterocycles. The van der Waals surface area contributed by atoms with E-state index in [0.717, 1.165) is 19.3 Å². The van der Waals surface area contributed by atoms with Crippen LogP contribution in [0.5, 0.6) is 0 Å². The number of halogens is 3. The van der Waals surface area contributed by atoms with Crippen LogP contribution in [0, 0.1) is 0 Å². The van der Waals surface area contributed by atoms with Crippen LogP contribution in [0.15, 0.2) is 12.3 Å². The van der Waals surface area contributed by atoms with Crippen molar-refractivity contribution in [1.29, 1.82) is 0 Å². The van der Waals surface area contributed by atoms with Crippen molar-refractivity contribution in [2.24, 2.45) is 0 Å². The van der Waals surface area contributed by atoms with Crippen LogP contribution in [0.2, 0.25) is 0 Å². The van der Waals surface area contributed by atoms with Crippen LogP contribution in [-0.2, 0) is 23.8 Å². The maximum absolute atomic E-state index is 12.3. The van der Waals surface area contributed by atoms with E-state index in [0.29, 0.717) is 25.7 Å². The molecule has 0 amide bonds. The Morgan fingerprint density at radius 2 is 2.00 bits per heavy atom. The summed E-state index contributed by atoms with van der Waals surface area (Å²) in [6.07, 6.45) is 4.34. The lowest BCUT2D eigenvalue weighted by Gasteiger charge is -2.41. The Hall–Kier alpha value is -0.840. The summed E-state index contributed by atoms with van der Waals surface area (Å²) in [7, 11) is -5.68. The summed E-state index contributed by atoms with van der Waals surface area (Å²) in [5.41, 5.74) is -5.91. The van der Waals surface area contributed by atoms with Gasteiger partial charge in [0, 0.05) is 19.4 Å². The van der Waals surface area contributed by atoms with Crippen molar-refractivity contribution in [3.05, 3.63) is 12.3 Å². The zero-order chi connectivity index (χ0) is 20.3. The van der Waals surface area contributed by atoms with E-state index in [4.69, 9.17) is 14.6 Å². The summed E-state index contributed by atoms with van der Waals surface area (Å²) in [5, 5.41) is 8.98. The third kappa shape index (κ3) is 5.36. The molecule has 27 heavy (non-hydrogen) atoms. The van der Waals surface area contributed by atoms with Gasteiger partial charge in [-0.15, -0.1) is 0 Å². The van der Waals surface area contributed by atoms with E-state index in [9.17, 15) is 21.6 Å². The molecule has 2 unspecified atom stereocenters. The van der Waals surface area contributed by atoms with Crippen LogP contribution in [0.25, 0.3) is 0 Å². The van der Waals surface area contributed by atoms with Crippen molar-refractivity contribution >= 4 is 10.1 Å². The number of ether oxygens (including phenoxy) is 2. The van der Waals surface area contributed by atoms with E-state index in [1.165, 1.54) is 0 Å². The molecule has 0 aromatic rings. The van der Waals surface area contributed by atoms with Crippen molar-refractivity contribution in [2.45, 2.75) is 87.7 Å². The van der Waals surface area contributed by atoms with Gasteiger partial charge in [0.15, 0.2) is 0 Å². The molecule has 1 N–H and O–H groups in total. The van der Waals surface area contributed by atoms with E-state index < -0.39 is 27.0 Å². The number of aliphatic hydroxyl groups excluding tert-OH is 1. The van der Waals surface area contributed by atoms with Gasteiger partial charge >= 0.3 is 15.6 Å². The molecule has 0 radical (unpaired) electrons. The van der Waals surface area contributed by atoms with Crippen molar-refractivity contribution in [2.75, 3.05) is 6.61 Å². The van der Waals surface area contributed by atoms with E-state index in [1.807, 2.05) is 6.92 Å². The molecule has 2 aliphatic heterocycles. The maximum Gasteiger partial charge on any atom is 0.534 e. The largest absolute Gasteiger partial charge is 0.534 e. The van der Waals surface area contributed by atoms with E-state index in [1.54, 1.807) is 0 Å². The third-order valence-corrected chi connectivity index (χ3v) is 6.23. The van der Waals surface area contributed by atoms with E-state index in [2.05, 4.69) is 10.8 Å². The second kappa shape index (κ2) is 8.67. The Morgan fingerprint density at radius 3 is 2.59 bits per heavy atom. The fraction of sp³-hybridized carbons (Fsp3) is 0.882. The summed E-state index contributed by atoms with van der Waals surface area (Å²) < 4.78 is 75.4. The fourth-order valence-corrected chi connectivity index (χ4v) is 4.31. The Bertz CT molecular complexity index is 621. The monoisotopic (exact) mass is 416 g/mol. The lowest BCUT2D eigenvalue weighted by atomic mass is 9.83. The molecule has 10 heteroatoms. The Balaban J connectivity index is 1.88. The molecular formula is C17H27F3O6S. The average Bonchev–Trinajstić information content (AvgIpc) is 2.95. The molecule has 2 rings (SSSR count). The topological polar surface area (TPSA) is 82.1 Å². The molecule has 4 atom stereocenters. The SMILES string of the molecule is C=C(CCC1CC[C@@H]2O[C@@H](CCCO)CC2(CC)O1)OS(=O)(=O)C(F)(F)F. The summed E-state index contributed by atoms with van der Waals surface area (Å²) in [4.78, 5) is 0. The van der Waals surface area contributed by atoms with Gasteiger partial charge in [-0.25, -0.2) is 0 Å². The zero-order valence-corrected chi connectivity index (χ0v) is 16.2. The van der Waals surface area contributed by atoms with Crippen molar-refractivity contribution in [1.82, 2.24) is 0 Å². The molecule has 0 aliphatic carbocycles. The summed E-state index contributed by atoms with van der Waals surface area (Å²) in [6.45, 7) is 5.39. The lowest BCUT2D eigenvalue weighted by Crippen LogP contribution is -2.47. The van der Waals surface area contributed by atoms with Gasteiger partial charge in [-0.3, -0.25) is 0 Å². The zero-order valence-electron chi connectivity index (χ0n) is 15.3. The van der Waals surface area contributed by atoms with Crippen LogP contribution < -0.4 is 0 Å². The number of fused-ring (bicyclic) bond motifs is 1. The van der Waals surface area contributed by atoms with Gasteiger partial charge in [0.1, 0.15) is 5.76 Å². The molecule has 2 heterocycles. The molecule has 0 aromatic carbocycles. The predicted molar refractivity (Wildman–Crippen MR) is 91.2 cm³/mol. The highest BCUT2D eigenvalue weighted by Gasteiger charge is 2.52. The van der Waals surface area contributed by atoms with Gasteiger partial charge in [-0.1, -0.05) is 13.5 Å². The van der Waals surface area contributed by atoms with E-state index in [-0.39, 0.29) is 31.3 Å². The number of hydrogen-bond acceptors (Lipinski definition) is 6. The number of aliphatic hydroxyl groups is 1. The quantitative estimate of drug-likeness (QED) is 0.352. The highest BCUT2D eigenvalue weighted by atomic mass is 32.2. The van der Waals surface area contributed by atoms with Gasteiger partial charge in [-0.2, -0.15) is 21.6 Å². The van der Waals surface area contributed by atoms with Crippen LogP contribution in [-0.4, -0.2) is 49.6 Å². The third-order valence-electron chi connectivity index (χ3n) is 5.21. The standard InChI is InChI=1S/C17H27F3O6S/c1-3-16-11-14(5-4-10-21)24-15(16)9-8-13(25-16)7-6-12(2)26-27(22,23)17(18,19)20/h13-15,21H,2-11H2,1H3/t13?,14-,15-,16?/m0/s1. The Labute approximate surface area is 157 Å². The van der Waals surface area contributed by atoms with Gasteiger partial charge in [-0.05, 0) is 38.5 Å². The molecule has 2 aliphatic rings. The molecular weight excluding hydrogens is 389 g/mol. The molecule has 0 spiro atoms. The van der Waals surface area contributed by atoms with Gasteiger partial charge < -0.3 is 18.8 Å². The van der Waals surface area contributed by atoms with E-state index >= 15 is 0 Å². The van der Waals surface area contributed by atoms with Gasteiger partial charge in [0.05, 0.1) is 23.9 Å². The molecule has 2 fully saturated rings. The first-order valence-corrected chi connectivity index (χ1v) is 10.6. The van der Waals surface area contributed by atoms with Crippen LogP contribution in [0.4, 0.5) is 13.2 Å². The second-order valence-corrected chi connectivity index (χ2v) is 8.65. The molecule has 0 bridgehead atoms. The van der Waals surface area contributed by atoms with Crippen LogP contribution in [0.3, 0.4) is 0 Å². The number of rotatable bonds is 9. The normalized spacial score (nSPS) is 31.5. The average molecular weight is 416 g/mol. The van der Waals surface area contributed by atoms with Crippen molar-refractivity contribution in [3.8, 4) is 0 Å². The fourth-order valence-electron chi connectivity index (χ4n) is 3.82. The highest BCUT2D eigenvalue weighted by molar-refractivity contribution is 7.87. The lowest BCUT2D eigenvalue weighted by molar-refractivity contribution is -0.168. The molecule has 158 valence electrons. The van der Waals surface area contributed by atoms with Gasteiger partial charge in [0.25, 0.3) is 0 Å². The molecule has 0 aromatic heterocycles. The Kier molecular flexibility index (Phi) is 7.21. The second-order valence-electron chi connectivity index (χ2n) is 7.11. The number of hydrogen-bond donors (Lipinski definition) is 1. The number of allylic oxidation sites excluding steroid dienone is 1. The maximum atomic E-state index is 12.3. The number of alkyl halides is 3. The van der Waals surface area contributed by atoms with Gasteiger partial charge in [0.2, 0.25) is 0 Å². The van der Waals surface area contributed by atoms with Crippen molar-refractivity contribution in [3.63, 3.8) is 0 Å². The first kappa shape index (κ1) is 22.4. The molecule has 6 nitrogen and oxygen atoms in total. The minimum atomic E-state index is -5.68. The predicted octanol–water partition coefficient (Wildman–Crippen LogP) is 3.40.